The van der Waals surface area contributed by atoms with E-state index in [4.69, 9.17) is 0 Å². The Bertz CT molecular complexity index is 282. The molecule has 0 aromatic rings. The molecule has 3 unspecified atom stereocenters. The highest BCUT2D eigenvalue weighted by atomic mass is 16.3. The Morgan fingerprint density at radius 2 is 2.31 bits per heavy atom. The molecule has 0 aromatic heterocycles. The third kappa shape index (κ3) is 1.01. The lowest BCUT2D eigenvalue weighted by atomic mass is 9.56. The summed E-state index contributed by atoms with van der Waals surface area (Å²) in [5, 5.41) is 10.3. The molecule has 0 aliphatic heterocycles. The zero-order valence-electron chi connectivity index (χ0n) is 8.21. The van der Waals surface area contributed by atoms with Crippen LogP contribution in [0.2, 0.25) is 0 Å². The van der Waals surface area contributed by atoms with E-state index in [1.54, 1.807) is 6.92 Å². The van der Waals surface area contributed by atoms with Crippen LogP contribution in [0.4, 0.5) is 0 Å². The standard InChI is InChI=1S/C11H16O2/c1-8(12)10(2)7-9-3-5-11(10,13)6-4-9/h3,5,9,13H,4,6-7H2,1-2H3. The average molecular weight is 180 g/mol. The Hall–Kier alpha value is -0.630. The molecule has 0 saturated heterocycles. The van der Waals surface area contributed by atoms with Crippen molar-refractivity contribution in [2.45, 2.75) is 38.7 Å². The monoisotopic (exact) mass is 180 g/mol. The second kappa shape index (κ2) is 2.44. The van der Waals surface area contributed by atoms with Crippen molar-refractivity contribution in [3.63, 3.8) is 0 Å². The highest BCUT2D eigenvalue weighted by Gasteiger charge is 2.54. The predicted octanol–water partition coefficient (Wildman–Crippen LogP) is 1.68. The van der Waals surface area contributed by atoms with Crippen LogP contribution in [0.3, 0.4) is 0 Å². The number of hydrogen-bond acceptors (Lipinski definition) is 2. The molecule has 0 spiro atoms. The van der Waals surface area contributed by atoms with Gasteiger partial charge in [0.15, 0.2) is 0 Å². The summed E-state index contributed by atoms with van der Waals surface area (Å²) >= 11 is 0. The second-order valence-corrected chi connectivity index (χ2v) is 4.67. The van der Waals surface area contributed by atoms with Gasteiger partial charge in [0.1, 0.15) is 5.78 Å². The smallest absolute Gasteiger partial charge is 0.138 e. The van der Waals surface area contributed by atoms with Gasteiger partial charge in [-0.2, -0.15) is 0 Å². The summed E-state index contributed by atoms with van der Waals surface area (Å²) in [6, 6.07) is 0. The van der Waals surface area contributed by atoms with Gasteiger partial charge in [-0.15, -0.1) is 0 Å². The van der Waals surface area contributed by atoms with E-state index in [2.05, 4.69) is 6.08 Å². The maximum absolute atomic E-state index is 11.5. The maximum Gasteiger partial charge on any atom is 0.138 e. The quantitative estimate of drug-likeness (QED) is 0.623. The summed E-state index contributed by atoms with van der Waals surface area (Å²) in [7, 11) is 0. The van der Waals surface area contributed by atoms with Gasteiger partial charge >= 0.3 is 0 Å². The topological polar surface area (TPSA) is 37.3 Å². The van der Waals surface area contributed by atoms with Gasteiger partial charge in [0.25, 0.3) is 0 Å². The SMILES string of the molecule is CC(=O)C1(C)CC2C=CC1(O)CC2. The molecule has 0 heterocycles. The molecule has 3 aliphatic rings. The van der Waals surface area contributed by atoms with Crippen molar-refractivity contribution in [1.29, 1.82) is 0 Å². The summed E-state index contributed by atoms with van der Waals surface area (Å²) in [5.41, 5.74) is -1.40. The number of hydrogen-bond donors (Lipinski definition) is 1. The van der Waals surface area contributed by atoms with E-state index in [1.807, 2.05) is 13.0 Å². The van der Waals surface area contributed by atoms with E-state index in [9.17, 15) is 9.90 Å². The molecule has 3 aliphatic carbocycles. The van der Waals surface area contributed by atoms with Gasteiger partial charge in [-0.05, 0) is 39.0 Å². The lowest BCUT2D eigenvalue weighted by Crippen LogP contribution is -2.55. The second-order valence-electron chi connectivity index (χ2n) is 4.67. The van der Waals surface area contributed by atoms with Gasteiger partial charge in [-0.1, -0.05) is 12.2 Å². The minimum atomic E-state index is -0.867. The van der Waals surface area contributed by atoms with Crippen LogP contribution < -0.4 is 0 Å². The molecule has 2 heteroatoms. The zero-order chi connectivity index (χ0) is 9.69. The minimum Gasteiger partial charge on any atom is -0.385 e. The Morgan fingerprint density at radius 3 is 2.62 bits per heavy atom. The van der Waals surface area contributed by atoms with Crippen molar-refractivity contribution in [1.82, 2.24) is 0 Å². The molecule has 1 saturated carbocycles. The van der Waals surface area contributed by atoms with E-state index in [0.29, 0.717) is 5.92 Å². The summed E-state index contributed by atoms with van der Waals surface area (Å²) in [6.45, 7) is 3.48. The highest BCUT2D eigenvalue weighted by molar-refractivity contribution is 5.84. The van der Waals surface area contributed by atoms with E-state index in [0.717, 1.165) is 19.3 Å². The molecule has 3 atom stereocenters. The lowest BCUT2D eigenvalue weighted by molar-refractivity contribution is -0.147. The number of aliphatic hydroxyl groups is 1. The summed E-state index contributed by atoms with van der Waals surface area (Å²) < 4.78 is 0. The van der Waals surface area contributed by atoms with Crippen LogP contribution in [0.25, 0.3) is 0 Å². The van der Waals surface area contributed by atoms with Crippen molar-refractivity contribution in [2.24, 2.45) is 11.3 Å². The molecule has 0 radical (unpaired) electrons. The fraction of sp³-hybridized carbons (Fsp3) is 0.727. The zero-order valence-corrected chi connectivity index (χ0v) is 8.21. The third-order valence-corrected chi connectivity index (χ3v) is 3.94. The summed E-state index contributed by atoms with van der Waals surface area (Å²) in [4.78, 5) is 11.5. The Balaban J connectivity index is 2.44. The van der Waals surface area contributed by atoms with Crippen molar-refractivity contribution in [3.8, 4) is 0 Å². The van der Waals surface area contributed by atoms with Crippen LogP contribution >= 0.6 is 0 Å². The van der Waals surface area contributed by atoms with Crippen LogP contribution in [0.5, 0.6) is 0 Å². The van der Waals surface area contributed by atoms with Crippen LogP contribution in [-0.2, 0) is 4.79 Å². The van der Waals surface area contributed by atoms with Gasteiger partial charge < -0.3 is 5.11 Å². The third-order valence-electron chi connectivity index (χ3n) is 3.94. The summed E-state index contributed by atoms with van der Waals surface area (Å²) in [5.74, 6) is 0.618. The Labute approximate surface area is 78.6 Å². The molecule has 0 aromatic carbocycles. The molecule has 2 bridgehead atoms. The molecule has 1 N–H and O–H groups in total. The first-order chi connectivity index (χ1) is 5.98. The maximum atomic E-state index is 11.5. The largest absolute Gasteiger partial charge is 0.385 e. The van der Waals surface area contributed by atoms with E-state index in [-0.39, 0.29) is 5.78 Å². The van der Waals surface area contributed by atoms with Crippen LogP contribution in [0, 0.1) is 11.3 Å². The molecule has 1 fully saturated rings. The normalized spacial score (nSPS) is 48.1. The molecule has 2 nitrogen and oxygen atoms in total. The molecule has 0 amide bonds. The number of ketones is 1. The first kappa shape index (κ1) is 8.95. The van der Waals surface area contributed by atoms with Crippen LogP contribution in [0.1, 0.15) is 33.1 Å². The van der Waals surface area contributed by atoms with Gasteiger partial charge in [0, 0.05) is 0 Å². The van der Waals surface area contributed by atoms with E-state index in [1.165, 1.54) is 0 Å². The van der Waals surface area contributed by atoms with Crippen molar-refractivity contribution in [3.05, 3.63) is 12.2 Å². The van der Waals surface area contributed by atoms with E-state index < -0.39 is 11.0 Å². The van der Waals surface area contributed by atoms with Crippen molar-refractivity contribution < 1.29 is 9.90 Å². The lowest BCUT2D eigenvalue weighted by Gasteiger charge is -2.51. The molecule has 72 valence electrons. The van der Waals surface area contributed by atoms with Crippen LogP contribution in [0.15, 0.2) is 12.2 Å². The number of allylic oxidation sites excluding steroid dienone is 1. The Kier molecular flexibility index (Phi) is 1.68. The van der Waals surface area contributed by atoms with Gasteiger partial charge in [-0.25, -0.2) is 0 Å². The molecular weight excluding hydrogens is 164 g/mol. The first-order valence-corrected chi connectivity index (χ1v) is 4.91. The number of carbonyl (C=O) groups is 1. The molecular formula is C11H16O2. The number of Topliss-reactive ketones (excluding diaryl/α,β-unsaturated/α-hetero) is 1. The number of rotatable bonds is 1. The van der Waals surface area contributed by atoms with Gasteiger partial charge in [0.2, 0.25) is 0 Å². The minimum absolute atomic E-state index is 0.115. The van der Waals surface area contributed by atoms with E-state index >= 15 is 0 Å². The van der Waals surface area contributed by atoms with Gasteiger partial charge in [-0.3, -0.25) is 4.79 Å². The molecule has 3 rings (SSSR count). The average Bonchev–Trinajstić information content (AvgIpc) is 2.07. The highest BCUT2D eigenvalue weighted by Crippen LogP contribution is 2.51. The van der Waals surface area contributed by atoms with Crippen molar-refractivity contribution in [2.75, 3.05) is 0 Å². The van der Waals surface area contributed by atoms with Crippen molar-refractivity contribution >= 4 is 5.78 Å². The number of fused-ring (bicyclic) bond motifs is 2. The summed E-state index contributed by atoms with van der Waals surface area (Å²) in [6.07, 6.45) is 6.48. The predicted molar refractivity (Wildman–Crippen MR) is 50.2 cm³/mol. The fourth-order valence-electron chi connectivity index (χ4n) is 2.66. The Morgan fingerprint density at radius 1 is 1.62 bits per heavy atom. The fourth-order valence-corrected chi connectivity index (χ4v) is 2.66. The number of carbonyl (C=O) groups excluding carboxylic acids is 1. The van der Waals surface area contributed by atoms with Crippen LogP contribution in [-0.4, -0.2) is 16.5 Å². The first-order valence-electron chi connectivity index (χ1n) is 4.91. The van der Waals surface area contributed by atoms with Gasteiger partial charge in [0.05, 0.1) is 11.0 Å². The molecule has 13 heavy (non-hydrogen) atoms.